The van der Waals surface area contributed by atoms with E-state index >= 15 is 0 Å². The SMILES string of the molecule is O=C(Nc1ccccc1CO)c1cnn2ccccc12. The van der Waals surface area contributed by atoms with E-state index in [-0.39, 0.29) is 12.5 Å². The lowest BCUT2D eigenvalue weighted by molar-refractivity contribution is 0.102. The fourth-order valence-electron chi connectivity index (χ4n) is 2.08. The number of fused-ring (bicyclic) bond motifs is 1. The Bertz CT molecular complexity index is 764. The molecular formula is C15H13N3O2. The zero-order valence-electron chi connectivity index (χ0n) is 10.7. The Hall–Kier alpha value is -2.66. The molecule has 0 atom stereocenters. The van der Waals surface area contributed by atoms with Crippen LogP contribution in [0.25, 0.3) is 5.52 Å². The number of aliphatic hydroxyl groups excluding tert-OH is 1. The molecule has 2 N–H and O–H groups in total. The highest BCUT2D eigenvalue weighted by atomic mass is 16.3. The molecule has 20 heavy (non-hydrogen) atoms. The van der Waals surface area contributed by atoms with Crippen molar-refractivity contribution in [2.75, 3.05) is 5.32 Å². The Morgan fingerprint density at radius 1 is 1.20 bits per heavy atom. The first kappa shape index (κ1) is 12.4. The normalized spacial score (nSPS) is 10.7. The summed E-state index contributed by atoms with van der Waals surface area (Å²) in [5, 5.41) is 16.2. The molecule has 100 valence electrons. The van der Waals surface area contributed by atoms with Crippen LogP contribution in [0.2, 0.25) is 0 Å². The molecule has 0 radical (unpaired) electrons. The average molecular weight is 267 g/mol. The number of anilines is 1. The van der Waals surface area contributed by atoms with Crippen LogP contribution in [0.15, 0.2) is 54.9 Å². The molecule has 0 saturated heterocycles. The molecule has 0 aliphatic carbocycles. The number of para-hydroxylation sites is 1. The Morgan fingerprint density at radius 2 is 2.00 bits per heavy atom. The predicted octanol–water partition coefficient (Wildman–Crippen LogP) is 2.08. The van der Waals surface area contributed by atoms with Crippen LogP contribution in [0, 0.1) is 0 Å². The van der Waals surface area contributed by atoms with E-state index in [1.165, 1.54) is 6.20 Å². The third kappa shape index (κ3) is 2.15. The molecule has 3 rings (SSSR count). The lowest BCUT2D eigenvalue weighted by Crippen LogP contribution is -2.13. The van der Waals surface area contributed by atoms with Crippen molar-refractivity contribution in [1.29, 1.82) is 0 Å². The standard InChI is InChI=1S/C15H13N3O2/c19-10-11-5-1-2-6-13(11)17-15(20)12-9-16-18-8-4-3-7-14(12)18/h1-9,19H,10H2,(H,17,20). The van der Waals surface area contributed by atoms with Gasteiger partial charge < -0.3 is 10.4 Å². The minimum Gasteiger partial charge on any atom is -0.392 e. The smallest absolute Gasteiger partial charge is 0.259 e. The third-order valence-corrected chi connectivity index (χ3v) is 3.11. The van der Waals surface area contributed by atoms with Crippen LogP contribution in [0.3, 0.4) is 0 Å². The molecular weight excluding hydrogens is 254 g/mol. The average Bonchev–Trinajstić information content (AvgIpc) is 2.92. The van der Waals surface area contributed by atoms with Gasteiger partial charge in [-0.2, -0.15) is 5.10 Å². The van der Waals surface area contributed by atoms with E-state index in [2.05, 4.69) is 10.4 Å². The predicted molar refractivity (Wildman–Crippen MR) is 75.5 cm³/mol. The highest BCUT2D eigenvalue weighted by molar-refractivity contribution is 6.09. The number of aliphatic hydroxyl groups is 1. The quantitative estimate of drug-likeness (QED) is 0.763. The van der Waals surface area contributed by atoms with Gasteiger partial charge in [0.1, 0.15) is 0 Å². The van der Waals surface area contributed by atoms with Gasteiger partial charge in [-0.15, -0.1) is 0 Å². The lowest BCUT2D eigenvalue weighted by Gasteiger charge is -2.08. The van der Waals surface area contributed by atoms with Crippen LogP contribution in [0.4, 0.5) is 5.69 Å². The monoisotopic (exact) mass is 267 g/mol. The minimum absolute atomic E-state index is 0.120. The van der Waals surface area contributed by atoms with Crippen LogP contribution in [-0.4, -0.2) is 20.6 Å². The van der Waals surface area contributed by atoms with Gasteiger partial charge in [0.05, 0.1) is 23.9 Å². The van der Waals surface area contributed by atoms with Gasteiger partial charge in [0.15, 0.2) is 0 Å². The van der Waals surface area contributed by atoms with E-state index in [4.69, 9.17) is 0 Å². The van der Waals surface area contributed by atoms with Gasteiger partial charge in [-0.1, -0.05) is 24.3 Å². The van der Waals surface area contributed by atoms with Gasteiger partial charge in [0, 0.05) is 17.4 Å². The van der Waals surface area contributed by atoms with Gasteiger partial charge >= 0.3 is 0 Å². The van der Waals surface area contributed by atoms with Crippen molar-refractivity contribution >= 4 is 17.1 Å². The van der Waals surface area contributed by atoms with Crippen LogP contribution in [0.5, 0.6) is 0 Å². The summed E-state index contributed by atoms with van der Waals surface area (Å²) in [5.74, 6) is -0.243. The second kappa shape index (κ2) is 5.14. The number of benzene rings is 1. The summed E-state index contributed by atoms with van der Waals surface area (Å²) in [5.41, 5.74) is 2.53. The van der Waals surface area contributed by atoms with Crippen molar-refractivity contribution in [2.24, 2.45) is 0 Å². The molecule has 2 heterocycles. The summed E-state index contributed by atoms with van der Waals surface area (Å²) >= 11 is 0. The van der Waals surface area contributed by atoms with E-state index in [0.29, 0.717) is 16.8 Å². The molecule has 0 bridgehead atoms. The van der Waals surface area contributed by atoms with Gasteiger partial charge in [-0.3, -0.25) is 4.79 Å². The minimum atomic E-state index is -0.243. The van der Waals surface area contributed by atoms with Crippen LogP contribution in [-0.2, 0) is 6.61 Å². The van der Waals surface area contributed by atoms with E-state index in [1.54, 1.807) is 22.8 Å². The number of nitrogens with one attached hydrogen (secondary N) is 1. The number of amides is 1. The van der Waals surface area contributed by atoms with Crippen molar-refractivity contribution < 1.29 is 9.90 Å². The number of nitrogens with zero attached hydrogens (tertiary/aromatic N) is 2. The van der Waals surface area contributed by atoms with Crippen molar-refractivity contribution in [1.82, 2.24) is 9.61 Å². The Morgan fingerprint density at radius 3 is 2.85 bits per heavy atom. The third-order valence-electron chi connectivity index (χ3n) is 3.11. The van der Waals surface area contributed by atoms with Crippen molar-refractivity contribution in [2.45, 2.75) is 6.61 Å². The fourth-order valence-corrected chi connectivity index (χ4v) is 2.08. The molecule has 0 spiro atoms. The van der Waals surface area contributed by atoms with Crippen molar-refractivity contribution in [3.05, 3.63) is 66.0 Å². The highest BCUT2D eigenvalue weighted by Gasteiger charge is 2.13. The Balaban J connectivity index is 1.93. The molecule has 0 aliphatic heterocycles. The number of carbonyl (C=O) groups excluding carboxylic acids is 1. The summed E-state index contributed by atoms with van der Waals surface area (Å²) < 4.78 is 1.65. The zero-order chi connectivity index (χ0) is 13.9. The maximum absolute atomic E-state index is 12.3. The molecule has 0 fully saturated rings. The maximum Gasteiger partial charge on any atom is 0.259 e. The molecule has 0 saturated carbocycles. The second-order valence-electron chi connectivity index (χ2n) is 4.36. The number of hydrogen-bond donors (Lipinski definition) is 2. The molecule has 0 aliphatic rings. The molecule has 0 unspecified atom stereocenters. The fraction of sp³-hybridized carbons (Fsp3) is 0.0667. The number of pyridine rings is 1. The van der Waals surface area contributed by atoms with Crippen LogP contribution in [0.1, 0.15) is 15.9 Å². The molecule has 5 nitrogen and oxygen atoms in total. The first-order valence-corrected chi connectivity index (χ1v) is 6.22. The number of hydrogen-bond acceptors (Lipinski definition) is 3. The molecule has 1 amide bonds. The summed E-state index contributed by atoms with van der Waals surface area (Å²) in [6.45, 7) is -0.120. The van der Waals surface area contributed by atoms with Crippen LogP contribution >= 0.6 is 0 Å². The first-order valence-electron chi connectivity index (χ1n) is 6.22. The van der Waals surface area contributed by atoms with Crippen molar-refractivity contribution in [3.63, 3.8) is 0 Å². The molecule has 2 aromatic heterocycles. The maximum atomic E-state index is 12.3. The highest BCUT2D eigenvalue weighted by Crippen LogP contribution is 2.17. The van der Waals surface area contributed by atoms with E-state index < -0.39 is 0 Å². The van der Waals surface area contributed by atoms with E-state index in [0.717, 1.165) is 5.52 Å². The number of rotatable bonds is 3. The van der Waals surface area contributed by atoms with Gasteiger partial charge in [0.2, 0.25) is 0 Å². The zero-order valence-corrected chi connectivity index (χ0v) is 10.7. The van der Waals surface area contributed by atoms with Crippen molar-refractivity contribution in [3.8, 4) is 0 Å². The summed E-state index contributed by atoms with van der Waals surface area (Å²) in [7, 11) is 0. The van der Waals surface area contributed by atoms with E-state index in [9.17, 15) is 9.90 Å². The molecule has 3 aromatic rings. The number of carbonyl (C=O) groups is 1. The molecule has 5 heteroatoms. The van der Waals surface area contributed by atoms with Gasteiger partial charge in [0.25, 0.3) is 5.91 Å². The Kier molecular flexibility index (Phi) is 3.18. The largest absolute Gasteiger partial charge is 0.392 e. The topological polar surface area (TPSA) is 66.6 Å². The number of aromatic nitrogens is 2. The second-order valence-corrected chi connectivity index (χ2v) is 4.36. The summed E-state index contributed by atoms with van der Waals surface area (Å²) in [6.07, 6.45) is 3.32. The lowest BCUT2D eigenvalue weighted by atomic mass is 10.1. The summed E-state index contributed by atoms with van der Waals surface area (Å²) in [4.78, 5) is 12.3. The summed E-state index contributed by atoms with van der Waals surface area (Å²) in [6, 6.07) is 12.7. The first-order chi connectivity index (χ1) is 9.79. The Labute approximate surface area is 115 Å². The van der Waals surface area contributed by atoms with Gasteiger partial charge in [-0.25, -0.2) is 4.52 Å². The van der Waals surface area contributed by atoms with Crippen LogP contribution < -0.4 is 5.32 Å². The molecule has 1 aromatic carbocycles. The van der Waals surface area contributed by atoms with E-state index in [1.807, 2.05) is 30.3 Å². The van der Waals surface area contributed by atoms with Gasteiger partial charge in [-0.05, 0) is 18.2 Å².